The molecule has 4 nitrogen and oxygen atoms in total. The van der Waals surface area contributed by atoms with Crippen LogP contribution in [0.15, 0.2) is 162 Å². The van der Waals surface area contributed by atoms with Crippen LogP contribution in [0.2, 0.25) is 17.3 Å². The Bertz CT molecular complexity index is 3260. The van der Waals surface area contributed by atoms with Crippen molar-refractivity contribution >= 4 is 61.4 Å². The van der Waals surface area contributed by atoms with Gasteiger partial charge in [-0.15, -0.1) is 18.2 Å². The molecule has 1 radical (unpaired) electrons. The second-order valence-corrected chi connectivity index (χ2v) is 26.4. The zero-order valence-electron chi connectivity index (χ0n) is 37.6. The quantitative estimate of drug-likeness (QED) is 0.123. The molecule has 10 aromatic rings. The van der Waals surface area contributed by atoms with Crippen LogP contribution in [0.1, 0.15) is 36.4 Å². The van der Waals surface area contributed by atoms with Crippen molar-refractivity contribution in [3.8, 4) is 39.5 Å². The third-order valence-electron chi connectivity index (χ3n) is 10.7. The number of para-hydroxylation sites is 3. The van der Waals surface area contributed by atoms with Crippen LogP contribution in [0.4, 0.5) is 0 Å². The molecule has 0 aliphatic rings. The normalized spacial score (nSPS) is 13.0. The summed E-state index contributed by atoms with van der Waals surface area (Å²) in [6, 6.07) is 57.3. The molecule has 59 heavy (non-hydrogen) atoms. The first-order valence-electron chi connectivity index (χ1n) is 21.6. The van der Waals surface area contributed by atoms with E-state index in [0.29, 0.717) is 0 Å². The zero-order valence-corrected chi connectivity index (χ0v) is 38.1. The van der Waals surface area contributed by atoms with Crippen molar-refractivity contribution in [3.05, 3.63) is 181 Å². The van der Waals surface area contributed by atoms with Crippen molar-refractivity contribution in [2.45, 2.75) is 43.9 Å². The Morgan fingerprint density at radius 2 is 1.49 bits per heavy atom. The molecule has 0 fully saturated rings. The van der Waals surface area contributed by atoms with Gasteiger partial charge >= 0.3 is 131 Å². The van der Waals surface area contributed by atoms with Crippen molar-refractivity contribution in [1.82, 2.24) is 14.5 Å². The summed E-state index contributed by atoms with van der Waals surface area (Å²) in [6.45, 7) is 1.66. The van der Waals surface area contributed by atoms with Gasteiger partial charge in [0.05, 0.1) is 22.4 Å². The summed E-state index contributed by atoms with van der Waals surface area (Å²) < 4.78 is 41.0. The minimum absolute atomic E-state index is 0. The standard InChI is InChI=1S/C35H21N2O.C18H24GeN.Ir/c1-2-11-23(12-3-1)25-14-6-8-19-31(25)37-32-20-9-7-18-30(32)36-35(37)29-17-10-16-27-28-22-21-24-13-4-5-15-26(24)33(28)38-34(27)29;1-13(2)16-11-18(15-9-7-14(3)8-10-15)20-12-17(16)19(4,5)6;/h1-16,18-22H;7-9,11-13H,1-6H3;/q2*-1;/i;3D3,13D;. The molecule has 3 heterocycles. The Morgan fingerprint density at radius 1 is 0.746 bits per heavy atom. The third kappa shape index (κ3) is 7.71. The number of imidazole rings is 1. The van der Waals surface area contributed by atoms with Gasteiger partial charge in [0.1, 0.15) is 5.58 Å². The van der Waals surface area contributed by atoms with Crippen LogP contribution in [0, 0.1) is 19.0 Å². The number of aryl methyl sites for hydroxylation is 1. The van der Waals surface area contributed by atoms with Crippen molar-refractivity contribution in [3.63, 3.8) is 0 Å². The molecule has 0 saturated carbocycles. The van der Waals surface area contributed by atoms with Gasteiger partial charge in [-0.3, -0.25) is 4.98 Å². The summed E-state index contributed by atoms with van der Waals surface area (Å²) in [5.74, 6) is 6.99. The number of aromatic nitrogens is 3. The van der Waals surface area contributed by atoms with E-state index >= 15 is 0 Å². The zero-order chi connectivity index (χ0) is 43.4. The summed E-state index contributed by atoms with van der Waals surface area (Å²) in [7, 11) is 0. The van der Waals surface area contributed by atoms with Gasteiger partial charge in [0.25, 0.3) is 0 Å². The molecular weight excluding hydrogens is 959 g/mol. The van der Waals surface area contributed by atoms with E-state index in [9.17, 15) is 0 Å². The number of hydrogen-bond donors (Lipinski definition) is 0. The molecule has 0 N–H and O–H groups in total. The van der Waals surface area contributed by atoms with Gasteiger partial charge in [-0.1, -0.05) is 108 Å². The monoisotopic (exact) mass is 1010 g/mol. The van der Waals surface area contributed by atoms with Crippen LogP contribution in [0.5, 0.6) is 0 Å². The molecular formula is C53H45GeIrN3O-2. The summed E-state index contributed by atoms with van der Waals surface area (Å²) in [5, 5.41) is 4.43. The van der Waals surface area contributed by atoms with Crippen molar-refractivity contribution in [2.24, 2.45) is 0 Å². The molecule has 3 aromatic heterocycles. The van der Waals surface area contributed by atoms with E-state index in [1.807, 2.05) is 44.3 Å². The van der Waals surface area contributed by atoms with Crippen LogP contribution in [-0.4, -0.2) is 27.8 Å². The second-order valence-electron chi connectivity index (χ2n) is 15.9. The smallest absolute Gasteiger partial charge is 0.128 e. The molecule has 0 atom stereocenters. The molecule has 0 bridgehead atoms. The molecule has 7 aromatic carbocycles. The van der Waals surface area contributed by atoms with Crippen LogP contribution in [0.3, 0.4) is 0 Å². The first-order chi connectivity index (χ1) is 29.7. The Morgan fingerprint density at radius 3 is 2.27 bits per heavy atom. The van der Waals surface area contributed by atoms with E-state index in [2.05, 4.69) is 148 Å². The fourth-order valence-electron chi connectivity index (χ4n) is 7.80. The predicted octanol–water partition coefficient (Wildman–Crippen LogP) is 13.7. The van der Waals surface area contributed by atoms with E-state index < -0.39 is 26.0 Å². The fourth-order valence-corrected chi connectivity index (χ4v) is 11.1. The van der Waals surface area contributed by atoms with Gasteiger partial charge in [0.15, 0.2) is 0 Å². The fraction of sp³-hybridized carbons (Fsp3) is 0.132. The number of benzene rings is 7. The van der Waals surface area contributed by atoms with Crippen molar-refractivity contribution < 1.29 is 30.0 Å². The number of rotatable bonds is 6. The van der Waals surface area contributed by atoms with E-state index in [-0.39, 0.29) is 25.7 Å². The van der Waals surface area contributed by atoms with Gasteiger partial charge in [-0.05, 0) is 29.1 Å². The first kappa shape index (κ1) is 35.4. The Hall–Kier alpha value is -5.59. The van der Waals surface area contributed by atoms with Gasteiger partial charge < -0.3 is 8.98 Å². The molecule has 293 valence electrons. The SMILES string of the molecule is [2H]C([2H])([2H])c1c[c-]c(-c2cc(C([2H])(C)C)[c]([Ge]([CH3])([CH3])[CH3])cn2)cc1.[Ir].[c-]1ccc2c(oc3c4ccccc4ccc23)c1-c1nc2ccccc2n1-c1ccccc1-c1ccccc1. The molecule has 0 spiro atoms. The second kappa shape index (κ2) is 16.6. The van der Waals surface area contributed by atoms with E-state index in [1.54, 1.807) is 12.1 Å². The Labute approximate surface area is 368 Å². The molecule has 0 unspecified atom stereocenters. The van der Waals surface area contributed by atoms with Gasteiger partial charge in [0, 0.05) is 42.1 Å². The Kier molecular flexibility index (Phi) is 9.94. The first-order valence-corrected chi connectivity index (χ1v) is 26.9. The number of nitrogens with zero attached hydrogens (tertiary/aromatic N) is 3. The molecule has 10 rings (SSSR count). The number of furan rings is 1. The predicted molar refractivity (Wildman–Crippen MR) is 246 cm³/mol. The largest absolute Gasteiger partial charge is 0.500 e. The Balaban J connectivity index is 0.000000190. The molecule has 0 amide bonds. The van der Waals surface area contributed by atoms with Crippen LogP contribution in [-0.2, 0) is 20.1 Å². The molecule has 0 aliphatic heterocycles. The van der Waals surface area contributed by atoms with Crippen molar-refractivity contribution in [2.75, 3.05) is 0 Å². The maximum Gasteiger partial charge on any atom is 0.128 e. The van der Waals surface area contributed by atoms with E-state index in [4.69, 9.17) is 14.9 Å². The average Bonchev–Trinajstić information content (AvgIpc) is 3.85. The maximum absolute atomic E-state index is 8.49. The number of pyridine rings is 1. The van der Waals surface area contributed by atoms with Crippen molar-refractivity contribution in [1.29, 1.82) is 0 Å². The molecule has 0 saturated heterocycles. The average molecular weight is 1010 g/mol. The maximum atomic E-state index is 8.49. The summed E-state index contributed by atoms with van der Waals surface area (Å²) >= 11 is -2.14. The third-order valence-corrected chi connectivity index (χ3v) is 14.9. The summed E-state index contributed by atoms with van der Waals surface area (Å²) in [6.07, 6.45) is 1.91. The molecule has 6 heteroatoms. The summed E-state index contributed by atoms with van der Waals surface area (Å²) in [5.41, 5.74) is 10.6. The van der Waals surface area contributed by atoms with Gasteiger partial charge in [0.2, 0.25) is 0 Å². The van der Waals surface area contributed by atoms with E-state index in [0.717, 1.165) is 88.8 Å². The minimum Gasteiger partial charge on any atom is -0.500 e. The van der Waals surface area contributed by atoms with Crippen LogP contribution in [0.25, 0.3) is 83.2 Å². The van der Waals surface area contributed by atoms with Crippen LogP contribution < -0.4 is 4.40 Å². The van der Waals surface area contributed by atoms with E-state index in [1.165, 1.54) is 10.5 Å². The summed E-state index contributed by atoms with van der Waals surface area (Å²) in [4.78, 5) is 9.72. The molecule has 0 aliphatic carbocycles. The van der Waals surface area contributed by atoms with Gasteiger partial charge in [-0.2, -0.15) is 0 Å². The topological polar surface area (TPSA) is 43.9 Å². The number of hydrogen-bond acceptors (Lipinski definition) is 3. The number of fused-ring (bicyclic) bond motifs is 6. The minimum atomic E-state index is -2.14. The van der Waals surface area contributed by atoms with Gasteiger partial charge in [-0.25, -0.2) is 0 Å². The van der Waals surface area contributed by atoms with Crippen LogP contribution >= 0.6 is 0 Å².